The first-order valence-corrected chi connectivity index (χ1v) is 9.84. The van der Waals surface area contributed by atoms with Gasteiger partial charge in [0.1, 0.15) is 0 Å². The van der Waals surface area contributed by atoms with E-state index in [-0.39, 0.29) is 17.7 Å². The Hall–Kier alpha value is -0.920. The van der Waals surface area contributed by atoms with E-state index in [0.29, 0.717) is 37.2 Å². The molecule has 118 valence electrons. The van der Waals surface area contributed by atoms with Crippen LogP contribution in [0.5, 0.6) is 0 Å². The SMILES string of the molecule is CCCCS(=O)(=O)N1CCC(NC(=O)c2cccs2)CC1. The van der Waals surface area contributed by atoms with E-state index in [0.717, 1.165) is 6.42 Å². The summed E-state index contributed by atoms with van der Waals surface area (Å²) in [6, 6.07) is 3.71. The van der Waals surface area contributed by atoms with Crippen molar-refractivity contribution in [1.29, 1.82) is 0 Å². The standard InChI is InChI=1S/C14H22N2O3S2/c1-2-3-11-21(18,19)16-8-6-12(7-9-16)15-14(17)13-5-4-10-20-13/h4-5,10,12H,2-3,6-9,11H2,1H3,(H,15,17). The van der Waals surface area contributed by atoms with Crippen LogP contribution >= 0.6 is 11.3 Å². The van der Waals surface area contributed by atoms with Gasteiger partial charge in [-0.25, -0.2) is 12.7 Å². The predicted molar refractivity (Wildman–Crippen MR) is 85.1 cm³/mol. The Morgan fingerprint density at radius 1 is 1.43 bits per heavy atom. The molecule has 0 aliphatic carbocycles. The minimum atomic E-state index is -3.12. The number of rotatable bonds is 6. The van der Waals surface area contributed by atoms with Gasteiger partial charge in [0.2, 0.25) is 10.0 Å². The van der Waals surface area contributed by atoms with Crippen molar-refractivity contribution in [3.8, 4) is 0 Å². The molecule has 0 bridgehead atoms. The summed E-state index contributed by atoms with van der Waals surface area (Å²) in [5.41, 5.74) is 0. The van der Waals surface area contributed by atoms with Crippen LogP contribution in [-0.2, 0) is 10.0 Å². The zero-order chi connectivity index (χ0) is 15.3. The lowest BCUT2D eigenvalue weighted by atomic mass is 10.1. The molecule has 1 amide bonds. The number of nitrogens with zero attached hydrogens (tertiary/aromatic N) is 1. The number of thiophene rings is 1. The molecule has 1 fully saturated rings. The first-order valence-electron chi connectivity index (χ1n) is 7.35. The van der Waals surface area contributed by atoms with Crippen molar-refractivity contribution in [3.63, 3.8) is 0 Å². The van der Waals surface area contributed by atoms with Crippen molar-refractivity contribution in [2.45, 2.75) is 38.6 Å². The Kier molecular flexibility index (Phi) is 5.78. The van der Waals surface area contributed by atoms with Gasteiger partial charge >= 0.3 is 0 Å². The smallest absolute Gasteiger partial charge is 0.261 e. The number of carbonyl (C=O) groups excluding carboxylic acids is 1. The molecular formula is C14H22N2O3S2. The van der Waals surface area contributed by atoms with Gasteiger partial charge in [0.25, 0.3) is 5.91 Å². The van der Waals surface area contributed by atoms with Crippen molar-refractivity contribution in [2.24, 2.45) is 0 Å². The topological polar surface area (TPSA) is 66.5 Å². The molecule has 0 spiro atoms. The maximum Gasteiger partial charge on any atom is 0.261 e. The maximum atomic E-state index is 12.1. The summed E-state index contributed by atoms with van der Waals surface area (Å²) < 4.78 is 25.8. The fraction of sp³-hybridized carbons (Fsp3) is 0.643. The molecule has 0 saturated carbocycles. The third-order valence-corrected chi connectivity index (χ3v) is 6.51. The number of carbonyl (C=O) groups is 1. The fourth-order valence-corrected chi connectivity index (χ4v) is 4.70. The number of nitrogens with one attached hydrogen (secondary N) is 1. The second-order valence-electron chi connectivity index (χ2n) is 5.29. The molecule has 7 heteroatoms. The van der Waals surface area contributed by atoms with Crippen molar-refractivity contribution in [2.75, 3.05) is 18.8 Å². The van der Waals surface area contributed by atoms with Gasteiger partial charge in [-0.2, -0.15) is 0 Å². The Bertz CT molecular complexity index is 547. The zero-order valence-electron chi connectivity index (χ0n) is 12.2. The number of piperidine rings is 1. The minimum Gasteiger partial charge on any atom is -0.349 e. The highest BCUT2D eigenvalue weighted by molar-refractivity contribution is 7.89. The molecule has 1 aliphatic heterocycles. The monoisotopic (exact) mass is 330 g/mol. The molecular weight excluding hydrogens is 308 g/mol. The van der Waals surface area contributed by atoms with Gasteiger partial charge in [0, 0.05) is 19.1 Å². The van der Waals surface area contributed by atoms with E-state index in [1.165, 1.54) is 11.3 Å². The molecule has 1 aliphatic rings. The number of amides is 1. The second kappa shape index (κ2) is 7.38. The molecule has 1 aromatic heterocycles. The van der Waals surface area contributed by atoms with Gasteiger partial charge in [0.05, 0.1) is 10.6 Å². The molecule has 0 unspecified atom stereocenters. The highest BCUT2D eigenvalue weighted by Gasteiger charge is 2.28. The van der Waals surface area contributed by atoms with Crippen LogP contribution in [0, 0.1) is 0 Å². The molecule has 21 heavy (non-hydrogen) atoms. The van der Waals surface area contributed by atoms with Crippen LogP contribution in [0.2, 0.25) is 0 Å². The van der Waals surface area contributed by atoms with Crippen LogP contribution in [0.3, 0.4) is 0 Å². The van der Waals surface area contributed by atoms with E-state index in [1.807, 2.05) is 18.4 Å². The fourth-order valence-electron chi connectivity index (χ4n) is 2.40. The van der Waals surface area contributed by atoms with E-state index >= 15 is 0 Å². The summed E-state index contributed by atoms with van der Waals surface area (Å²) in [6.07, 6.45) is 2.95. The average molecular weight is 330 g/mol. The summed E-state index contributed by atoms with van der Waals surface area (Å²) in [7, 11) is -3.12. The Morgan fingerprint density at radius 3 is 2.71 bits per heavy atom. The third kappa shape index (κ3) is 4.52. The zero-order valence-corrected chi connectivity index (χ0v) is 13.9. The van der Waals surface area contributed by atoms with Crippen LogP contribution in [0.25, 0.3) is 0 Å². The van der Waals surface area contributed by atoms with Crippen LogP contribution in [0.1, 0.15) is 42.3 Å². The van der Waals surface area contributed by atoms with Crippen LogP contribution in [0.4, 0.5) is 0 Å². The number of unbranched alkanes of at least 4 members (excludes halogenated alkanes) is 1. The first-order chi connectivity index (χ1) is 10.0. The molecule has 1 saturated heterocycles. The van der Waals surface area contributed by atoms with E-state index in [2.05, 4.69) is 5.32 Å². The number of hydrogen-bond acceptors (Lipinski definition) is 4. The van der Waals surface area contributed by atoms with Crippen molar-refractivity contribution in [1.82, 2.24) is 9.62 Å². The third-order valence-electron chi connectivity index (χ3n) is 3.68. The molecule has 5 nitrogen and oxygen atoms in total. The molecule has 0 radical (unpaired) electrons. The highest BCUT2D eigenvalue weighted by atomic mass is 32.2. The van der Waals surface area contributed by atoms with E-state index in [4.69, 9.17) is 0 Å². The summed E-state index contributed by atoms with van der Waals surface area (Å²) in [6.45, 7) is 2.99. The lowest BCUT2D eigenvalue weighted by Gasteiger charge is -2.31. The summed E-state index contributed by atoms with van der Waals surface area (Å²) in [5.74, 6) is 0.174. The normalized spacial score (nSPS) is 17.8. The maximum absolute atomic E-state index is 12.1. The molecule has 2 heterocycles. The van der Waals surface area contributed by atoms with Gasteiger partial charge in [-0.1, -0.05) is 19.4 Å². The average Bonchev–Trinajstić information content (AvgIpc) is 3.00. The Morgan fingerprint density at radius 2 is 2.14 bits per heavy atom. The van der Waals surface area contributed by atoms with Crippen LogP contribution in [0.15, 0.2) is 17.5 Å². The second-order valence-corrected chi connectivity index (χ2v) is 8.33. The van der Waals surface area contributed by atoms with Crippen molar-refractivity contribution in [3.05, 3.63) is 22.4 Å². The van der Waals surface area contributed by atoms with E-state index in [9.17, 15) is 13.2 Å². The molecule has 1 N–H and O–H groups in total. The van der Waals surface area contributed by atoms with E-state index in [1.54, 1.807) is 10.4 Å². The largest absolute Gasteiger partial charge is 0.349 e. The van der Waals surface area contributed by atoms with Crippen molar-refractivity contribution < 1.29 is 13.2 Å². The lowest BCUT2D eigenvalue weighted by molar-refractivity contribution is 0.0928. The number of hydrogen-bond donors (Lipinski definition) is 1. The van der Waals surface area contributed by atoms with Crippen LogP contribution < -0.4 is 5.32 Å². The summed E-state index contributed by atoms with van der Waals surface area (Å²) in [5, 5.41) is 4.86. The quantitative estimate of drug-likeness (QED) is 0.868. The van der Waals surface area contributed by atoms with Gasteiger partial charge < -0.3 is 5.32 Å². The first kappa shape index (κ1) is 16.5. The van der Waals surface area contributed by atoms with Crippen LogP contribution in [-0.4, -0.2) is 43.5 Å². The van der Waals surface area contributed by atoms with Gasteiger partial charge in [-0.05, 0) is 30.7 Å². The molecule has 0 aromatic carbocycles. The van der Waals surface area contributed by atoms with Gasteiger partial charge in [0.15, 0.2) is 0 Å². The summed E-state index contributed by atoms with van der Waals surface area (Å²) >= 11 is 1.42. The molecule has 2 rings (SSSR count). The molecule has 0 atom stereocenters. The Labute approximate surface area is 130 Å². The lowest BCUT2D eigenvalue weighted by Crippen LogP contribution is -2.46. The highest BCUT2D eigenvalue weighted by Crippen LogP contribution is 2.17. The Balaban J connectivity index is 1.82. The van der Waals surface area contributed by atoms with Gasteiger partial charge in [-0.3, -0.25) is 4.79 Å². The van der Waals surface area contributed by atoms with Crippen molar-refractivity contribution >= 4 is 27.3 Å². The number of sulfonamides is 1. The van der Waals surface area contributed by atoms with Gasteiger partial charge in [-0.15, -0.1) is 11.3 Å². The van der Waals surface area contributed by atoms with E-state index < -0.39 is 10.0 Å². The minimum absolute atomic E-state index is 0.0581. The summed E-state index contributed by atoms with van der Waals surface area (Å²) in [4.78, 5) is 12.7. The molecule has 1 aromatic rings. The predicted octanol–water partition coefficient (Wildman–Crippen LogP) is 2.07.